The summed E-state index contributed by atoms with van der Waals surface area (Å²) < 4.78 is 5.77. The van der Waals surface area contributed by atoms with Crippen LogP contribution >= 0.6 is 0 Å². The van der Waals surface area contributed by atoms with Crippen LogP contribution in [0.15, 0.2) is 12.2 Å². The number of fused-ring (bicyclic) bond motifs is 5. The number of hydrogen-bond donors (Lipinski definition) is 0. The fourth-order valence-electron chi connectivity index (χ4n) is 3.34. The van der Waals surface area contributed by atoms with Gasteiger partial charge in [-0.25, -0.2) is 0 Å². The van der Waals surface area contributed by atoms with Crippen LogP contribution < -0.4 is 0 Å². The summed E-state index contributed by atoms with van der Waals surface area (Å²) in [6.45, 7) is 8.49. The highest BCUT2D eigenvalue weighted by molar-refractivity contribution is 6.07. The van der Waals surface area contributed by atoms with E-state index in [1.807, 2.05) is 39.8 Å². The van der Waals surface area contributed by atoms with Crippen LogP contribution in [0.4, 0.5) is 0 Å². The van der Waals surface area contributed by atoms with E-state index < -0.39 is 5.60 Å². The van der Waals surface area contributed by atoms with Crippen molar-refractivity contribution in [3.8, 4) is 0 Å². The van der Waals surface area contributed by atoms with E-state index in [0.29, 0.717) is 6.54 Å². The molecule has 98 valence electrons. The second-order valence-electron chi connectivity index (χ2n) is 6.95. The lowest BCUT2D eigenvalue weighted by molar-refractivity contribution is -0.145. The van der Waals surface area contributed by atoms with Gasteiger partial charge in [0.05, 0.1) is 23.5 Å². The molecule has 3 aliphatic rings. The third-order valence-electron chi connectivity index (χ3n) is 4.05. The minimum atomic E-state index is -0.575. The highest BCUT2D eigenvalue weighted by Gasteiger charge is 2.65. The highest BCUT2D eigenvalue weighted by atomic mass is 16.5. The number of carbonyl (C=O) groups excluding carboxylic acids is 2. The number of hydrogen-bond acceptors (Lipinski definition) is 3. The molecule has 0 saturated carbocycles. The molecule has 18 heavy (non-hydrogen) atoms. The van der Waals surface area contributed by atoms with E-state index in [1.165, 1.54) is 4.90 Å². The third-order valence-corrected chi connectivity index (χ3v) is 4.05. The predicted molar refractivity (Wildman–Crippen MR) is 65.6 cm³/mol. The van der Waals surface area contributed by atoms with Crippen molar-refractivity contribution in [3.63, 3.8) is 0 Å². The van der Waals surface area contributed by atoms with Crippen molar-refractivity contribution < 1.29 is 14.3 Å². The van der Waals surface area contributed by atoms with Gasteiger partial charge in [0.25, 0.3) is 0 Å². The maximum absolute atomic E-state index is 12.5. The van der Waals surface area contributed by atoms with Gasteiger partial charge in [-0.05, 0) is 12.3 Å². The van der Waals surface area contributed by atoms with Gasteiger partial charge in [0, 0.05) is 6.54 Å². The zero-order chi connectivity index (χ0) is 13.3. The first kappa shape index (κ1) is 11.9. The first-order valence-corrected chi connectivity index (χ1v) is 6.45. The molecule has 4 atom stereocenters. The summed E-state index contributed by atoms with van der Waals surface area (Å²) in [6, 6.07) is 0. The molecule has 3 aliphatic heterocycles. The number of rotatable bonds is 1. The van der Waals surface area contributed by atoms with Crippen LogP contribution in [0.1, 0.15) is 27.7 Å². The van der Waals surface area contributed by atoms with Crippen molar-refractivity contribution in [1.29, 1.82) is 0 Å². The van der Waals surface area contributed by atoms with Gasteiger partial charge in [-0.1, -0.05) is 32.9 Å². The molecule has 0 radical (unpaired) electrons. The fraction of sp³-hybridized carbons (Fsp3) is 0.714. The van der Waals surface area contributed by atoms with Crippen molar-refractivity contribution in [2.24, 2.45) is 17.3 Å². The van der Waals surface area contributed by atoms with Crippen LogP contribution in [0.25, 0.3) is 0 Å². The molecular formula is C14H19NO3. The van der Waals surface area contributed by atoms with E-state index in [0.717, 1.165) is 0 Å². The molecule has 0 N–H and O–H groups in total. The molecule has 3 heterocycles. The van der Waals surface area contributed by atoms with Gasteiger partial charge in [0.15, 0.2) is 0 Å². The Hall–Kier alpha value is -1.16. The van der Waals surface area contributed by atoms with Crippen molar-refractivity contribution in [2.75, 3.05) is 6.54 Å². The number of ether oxygens (including phenoxy) is 1. The molecule has 4 heteroatoms. The lowest BCUT2D eigenvalue weighted by Gasteiger charge is -2.28. The van der Waals surface area contributed by atoms with Crippen LogP contribution in [-0.4, -0.2) is 35.0 Å². The maximum atomic E-state index is 12.5. The standard InChI is InChI=1S/C14H19NO3/c1-13(2,3)7-15-11(16)9-8-5-6-14(4,18-8)10(9)12(15)17/h5-6,8-10H,7H2,1-4H3. The molecule has 4 unspecified atom stereocenters. The molecule has 2 fully saturated rings. The summed E-state index contributed by atoms with van der Waals surface area (Å²) in [5.41, 5.74) is -0.646. The van der Waals surface area contributed by atoms with E-state index in [9.17, 15) is 9.59 Å². The summed E-state index contributed by atoms with van der Waals surface area (Å²) in [7, 11) is 0. The van der Waals surface area contributed by atoms with Gasteiger partial charge >= 0.3 is 0 Å². The monoisotopic (exact) mass is 249 g/mol. The summed E-state index contributed by atoms with van der Waals surface area (Å²) in [6.07, 6.45) is 3.65. The molecule has 0 aromatic heterocycles. The number of amides is 2. The lowest BCUT2D eigenvalue weighted by Crippen LogP contribution is -2.42. The number of imide groups is 1. The zero-order valence-electron chi connectivity index (χ0n) is 11.3. The van der Waals surface area contributed by atoms with Crippen LogP contribution in [0.3, 0.4) is 0 Å². The number of carbonyl (C=O) groups is 2. The lowest BCUT2D eigenvalue weighted by atomic mass is 9.78. The Morgan fingerprint density at radius 3 is 2.56 bits per heavy atom. The summed E-state index contributed by atoms with van der Waals surface area (Å²) >= 11 is 0. The van der Waals surface area contributed by atoms with E-state index in [2.05, 4.69) is 0 Å². The maximum Gasteiger partial charge on any atom is 0.236 e. The van der Waals surface area contributed by atoms with Gasteiger partial charge in [-0.2, -0.15) is 0 Å². The largest absolute Gasteiger partial charge is 0.362 e. The number of likely N-dealkylation sites (tertiary alicyclic amines) is 1. The van der Waals surface area contributed by atoms with Gasteiger partial charge < -0.3 is 4.74 Å². The molecule has 4 nitrogen and oxygen atoms in total. The second-order valence-corrected chi connectivity index (χ2v) is 6.95. The molecule has 0 spiro atoms. The van der Waals surface area contributed by atoms with Gasteiger partial charge in [0.2, 0.25) is 11.8 Å². The molecule has 0 aliphatic carbocycles. The van der Waals surface area contributed by atoms with Crippen LogP contribution in [0.5, 0.6) is 0 Å². The quantitative estimate of drug-likeness (QED) is 0.521. The Labute approximate surface area is 107 Å². The van der Waals surface area contributed by atoms with Crippen LogP contribution in [-0.2, 0) is 14.3 Å². The Kier molecular flexibility index (Phi) is 2.14. The molecular weight excluding hydrogens is 230 g/mol. The Morgan fingerprint density at radius 1 is 1.33 bits per heavy atom. The molecule has 0 aromatic rings. The smallest absolute Gasteiger partial charge is 0.236 e. The topological polar surface area (TPSA) is 46.6 Å². The SMILES string of the molecule is CC(C)(C)CN1C(=O)C2C3C=CC(C)(O3)C2C1=O. The van der Waals surface area contributed by atoms with Gasteiger partial charge in [0.1, 0.15) is 0 Å². The zero-order valence-corrected chi connectivity index (χ0v) is 11.3. The fourth-order valence-corrected chi connectivity index (χ4v) is 3.34. The number of nitrogens with zero attached hydrogens (tertiary/aromatic N) is 1. The van der Waals surface area contributed by atoms with Crippen molar-refractivity contribution in [2.45, 2.75) is 39.4 Å². The minimum Gasteiger partial charge on any atom is -0.362 e. The van der Waals surface area contributed by atoms with E-state index in [1.54, 1.807) is 0 Å². The van der Waals surface area contributed by atoms with Crippen molar-refractivity contribution in [1.82, 2.24) is 4.90 Å². The van der Waals surface area contributed by atoms with Crippen LogP contribution in [0.2, 0.25) is 0 Å². The first-order valence-electron chi connectivity index (χ1n) is 6.45. The van der Waals surface area contributed by atoms with Crippen LogP contribution in [0, 0.1) is 17.3 Å². The second kappa shape index (κ2) is 3.23. The summed E-state index contributed by atoms with van der Waals surface area (Å²) in [4.78, 5) is 26.3. The third kappa shape index (κ3) is 1.41. The molecule has 2 saturated heterocycles. The predicted octanol–water partition coefficient (Wildman–Crippen LogP) is 1.36. The Morgan fingerprint density at radius 2 is 2.00 bits per heavy atom. The molecule has 3 rings (SSSR count). The van der Waals surface area contributed by atoms with Crippen molar-refractivity contribution >= 4 is 11.8 Å². The summed E-state index contributed by atoms with van der Waals surface area (Å²) in [5, 5.41) is 0. The molecule has 0 aromatic carbocycles. The average Bonchev–Trinajstić information content (AvgIpc) is 2.81. The minimum absolute atomic E-state index is 0.0574. The van der Waals surface area contributed by atoms with E-state index >= 15 is 0 Å². The van der Waals surface area contributed by atoms with E-state index in [-0.39, 0.29) is 35.2 Å². The first-order chi connectivity index (χ1) is 8.23. The Balaban J connectivity index is 1.93. The molecule has 2 bridgehead atoms. The van der Waals surface area contributed by atoms with Crippen molar-refractivity contribution in [3.05, 3.63) is 12.2 Å². The Bertz CT molecular complexity index is 462. The highest BCUT2D eigenvalue weighted by Crippen LogP contribution is 2.51. The van der Waals surface area contributed by atoms with E-state index in [4.69, 9.17) is 4.74 Å². The van der Waals surface area contributed by atoms with Gasteiger partial charge in [-0.3, -0.25) is 14.5 Å². The summed E-state index contributed by atoms with van der Waals surface area (Å²) in [5.74, 6) is -0.732. The normalized spacial score (nSPS) is 42.0. The average molecular weight is 249 g/mol. The molecule has 2 amide bonds. The van der Waals surface area contributed by atoms with Gasteiger partial charge in [-0.15, -0.1) is 0 Å².